The summed E-state index contributed by atoms with van der Waals surface area (Å²) in [7, 11) is 0. The Kier molecular flexibility index (Phi) is 3.33. The second kappa shape index (κ2) is 5.04. The molecule has 1 amide bonds. The zero-order valence-electron chi connectivity index (χ0n) is 12.3. The van der Waals surface area contributed by atoms with Gasteiger partial charge in [-0.3, -0.25) is 5.32 Å². The van der Waals surface area contributed by atoms with Crippen LogP contribution in [0.4, 0.5) is 10.5 Å². The van der Waals surface area contributed by atoms with Gasteiger partial charge in [0.05, 0.1) is 10.4 Å². The van der Waals surface area contributed by atoms with Gasteiger partial charge in [0.25, 0.3) is 0 Å². The van der Waals surface area contributed by atoms with Crippen LogP contribution in [-0.4, -0.2) is 11.7 Å². The number of fused-ring (bicyclic) bond motifs is 3. The van der Waals surface area contributed by atoms with Crippen LogP contribution >= 0.6 is 11.3 Å². The molecule has 0 saturated carbocycles. The molecule has 0 fully saturated rings. The smallest absolute Gasteiger partial charge is 0.412 e. The summed E-state index contributed by atoms with van der Waals surface area (Å²) in [4.78, 5) is 12.0. The van der Waals surface area contributed by atoms with Gasteiger partial charge < -0.3 is 4.74 Å². The van der Waals surface area contributed by atoms with Gasteiger partial charge in [0.15, 0.2) is 0 Å². The maximum absolute atomic E-state index is 12.0. The normalized spacial score (nSPS) is 11.8. The number of nitrogens with one attached hydrogen (secondary N) is 1. The Morgan fingerprint density at radius 3 is 2.52 bits per heavy atom. The molecule has 0 aliphatic carbocycles. The van der Waals surface area contributed by atoms with Crippen LogP contribution in [0.2, 0.25) is 0 Å². The highest BCUT2D eigenvalue weighted by Crippen LogP contribution is 2.37. The van der Waals surface area contributed by atoms with Crippen molar-refractivity contribution < 1.29 is 9.53 Å². The summed E-state index contributed by atoms with van der Waals surface area (Å²) in [5.74, 6) is 0. The molecule has 108 valence electrons. The number of hydrogen-bond donors (Lipinski definition) is 1. The van der Waals surface area contributed by atoms with Gasteiger partial charge in [-0.1, -0.05) is 30.3 Å². The predicted octanol–water partition coefficient (Wildman–Crippen LogP) is 5.40. The number of carbonyl (C=O) groups is 1. The van der Waals surface area contributed by atoms with Gasteiger partial charge in [-0.25, -0.2) is 4.79 Å². The maximum atomic E-state index is 12.0. The molecule has 4 heteroatoms. The van der Waals surface area contributed by atoms with Crippen LogP contribution in [-0.2, 0) is 4.74 Å². The molecule has 0 aliphatic rings. The van der Waals surface area contributed by atoms with E-state index in [0.717, 1.165) is 15.8 Å². The van der Waals surface area contributed by atoms with Crippen LogP contribution < -0.4 is 5.32 Å². The lowest BCUT2D eigenvalue weighted by molar-refractivity contribution is 0.0636. The van der Waals surface area contributed by atoms with Gasteiger partial charge >= 0.3 is 6.09 Å². The lowest BCUT2D eigenvalue weighted by atomic mass is 10.1. The number of carbonyl (C=O) groups excluding carboxylic acids is 1. The van der Waals surface area contributed by atoms with Crippen molar-refractivity contribution >= 4 is 43.3 Å². The first-order valence-electron chi connectivity index (χ1n) is 6.84. The number of ether oxygens (including phenoxy) is 1. The number of thiophene rings is 1. The second-order valence-electron chi connectivity index (χ2n) is 5.91. The van der Waals surface area contributed by atoms with E-state index >= 15 is 0 Å². The molecule has 1 N–H and O–H groups in total. The number of amides is 1. The summed E-state index contributed by atoms with van der Waals surface area (Å²) >= 11 is 1.68. The van der Waals surface area contributed by atoms with Crippen LogP contribution in [0.15, 0.2) is 42.5 Å². The average Bonchev–Trinajstić information content (AvgIpc) is 2.76. The molecule has 3 rings (SSSR count). The molecule has 0 saturated heterocycles. The Morgan fingerprint density at radius 2 is 1.76 bits per heavy atom. The Bertz CT molecular complexity index is 814. The van der Waals surface area contributed by atoms with Crippen LogP contribution in [0.3, 0.4) is 0 Å². The molecule has 0 aliphatic heterocycles. The molecule has 3 nitrogen and oxygen atoms in total. The van der Waals surface area contributed by atoms with Gasteiger partial charge in [-0.15, -0.1) is 11.3 Å². The zero-order valence-corrected chi connectivity index (χ0v) is 13.1. The monoisotopic (exact) mass is 299 g/mol. The highest BCUT2D eigenvalue weighted by atomic mass is 32.1. The molecule has 0 unspecified atom stereocenters. The molecule has 1 heterocycles. The summed E-state index contributed by atoms with van der Waals surface area (Å²) in [6.07, 6.45) is -0.424. The molecule has 0 bridgehead atoms. The highest BCUT2D eigenvalue weighted by molar-refractivity contribution is 7.26. The minimum absolute atomic E-state index is 0.424. The lowest BCUT2D eigenvalue weighted by Gasteiger charge is -2.19. The Labute approximate surface area is 127 Å². The number of rotatable bonds is 1. The Hall–Kier alpha value is -2.07. The molecule has 0 radical (unpaired) electrons. The molecular formula is C17H17NO2S. The molecule has 3 aromatic rings. The van der Waals surface area contributed by atoms with E-state index in [9.17, 15) is 4.79 Å². The van der Waals surface area contributed by atoms with E-state index in [4.69, 9.17) is 4.74 Å². The molecule has 0 spiro atoms. The van der Waals surface area contributed by atoms with E-state index in [1.807, 2.05) is 45.0 Å². The standard InChI is InChI=1S/C17H17NO2S/c1-17(2,3)20-16(19)18-13-9-6-8-12-11-7-4-5-10-14(11)21-15(12)13/h4-10H,1-3H3,(H,18,19). The largest absolute Gasteiger partial charge is 0.444 e. The van der Waals surface area contributed by atoms with E-state index in [2.05, 4.69) is 23.5 Å². The van der Waals surface area contributed by atoms with Crippen molar-refractivity contribution in [1.82, 2.24) is 0 Å². The summed E-state index contributed by atoms with van der Waals surface area (Å²) in [5.41, 5.74) is 0.293. The van der Waals surface area contributed by atoms with Crippen LogP contribution in [0.5, 0.6) is 0 Å². The van der Waals surface area contributed by atoms with Gasteiger partial charge in [-0.2, -0.15) is 0 Å². The van der Waals surface area contributed by atoms with Gasteiger partial charge in [0.2, 0.25) is 0 Å². The summed E-state index contributed by atoms with van der Waals surface area (Å²) in [6, 6.07) is 14.2. The number of benzene rings is 2. The fourth-order valence-corrected chi connectivity index (χ4v) is 3.43. The van der Waals surface area contributed by atoms with Crippen LogP contribution in [0.1, 0.15) is 20.8 Å². The number of anilines is 1. The number of hydrogen-bond acceptors (Lipinski definition) is 3. The quantitative estimate of drug-likeness (QED) is 0.653. The van der Waals surface area contributed by atoms with Crippen molar-refractivity contribution in [2.45, 2.75) is 26.4 Å². The van der Waals surface area contributed by atoms with E-state index in [1.54, 1.807) is 11.3 Å². The minimum atomic E-state index is -0.502. The molecular weight excluding hydrogens is 282 g/mol. The lowest BCUT2D eigenvalue weighted by Crippen LogP contribution is -2.27. The van der Waals surface area contributed by atoms with Crippen LogP contribution in [0, 0.1) is 0 Å². The predicted molar refractivity (Wildman–Crippen MR) is 89.2 cm³/mol. The topological polar surface area (TPSA) is 38.3 Å². The Balaban J connectivity index is 2.01. The zero-order chi connectivity index (χ0) is 15.0. The third kappa shape index (κ3) is 2.85. The van der Waals surface area contributed by atoms with Gasteiger partial charge in [0, 0.05) is 15.5 Å². The maximum Gasteiger partial charge on any atom is 0.412 e. The van der Waals surface area contributed by atoms with Crippen molar-refractivity contribution in [1.29, 1.82) is 0 Å². The first kappa shape index (κ1) is 13.9. The van der Waals surface area contributed by atoms with Crippen molar-refractivity contribution in [3.63, 3.8) is 0 Å². The second-order valence-corrected chi connectivity index (χ2v) is 6.96. The van der Waals surface area contributed by atoms with Crippen LogP contribution in [0.25, 0.3) is 20.2 Å². The molecule has 0 atom stereocenters. The van der Waals surface area contributed by atoms with Crippen molar-refractivity contribution in [2.24, 2.45) is 0 Å². The summed E-state index contributed by atoms with van der Waals surface area (Å²) in [6.45, 7) is 5.56. The summed E-state index contributed by atoms with van der Waals surface area (Å²) in [5, 5.41) is 5.22. The van der Waals surface area contributed by atoms with Crippen molar-refractivity contribution in [3.05, 3.63) is 42.5 Å². The third-order valence-electron chi connectivity index (χ3n) is 3.04. The SMILES string of the molecule is CC(C)(C)OC(=O)Nc1cccc2c1sc1ccccc12. The average molecular weight is 299 g/mol. The first-order valence-corrected chi connectivity index (χ1v) is 7.66. The fourth-order valence-electron chi connectivity index (χ4n) is 2.26. The third-order valence-corrected chi connectivity index (χ3v) is 4.26. The molecule has 2 aromatic carbocycles. The van der Waals surface area contributed by atoms with Gasteiger partial charge in [0.1, 0.15) is 5.60 Å². The van der Waals surface area contributed by atoms with Gasteiger partial charge in [-0.05, 0) is 32.9 Å². The van der Waals surface area contributed by atoms with E-state index in [-0.39, 0.29) is 0 Å². The first-order chi connectivity index (χ1) is 9.94. The van der Waals surface area contributed by atoms with Crippen molar-refractivity contribution in [3.8, 4) is 0 Å². The highest BCUT2D eigenvalue weighted by Gasteiger charge is 2.17. The summed E-state index contributed by atoms with van der Waals surface area (Å²) < 4.78 is 7.61. The fraction of sp³-hybridized carbons (Fsp3) is 0.235. The van der Waals surface area contributed by atoms with Crippen molar-refractivity contribution in [2.75, 3.05) is 5.32 Å². The van der Waals surface area contributed by atoms with E-state index < -0.39 is 11.7 Å². The van der Waals surface area contributed by atoms with E-state index in [0.29, 0.717) is 0 Å². The molecule has 21 heavy (non-hydrogen) atoms. The minimum Gasteiger partial charge on any atom is -0.444 e. The van der Waals surface area contributed by atoms with E-state index in [1.165, 1.54) is 10.1 Å². The Morgan fingerprint density at radius 1 is 1.05 bits per heavy atom. The molecule has 1 aromatic heterocycles.